The summed E-state index contributed by atoms with van der Waals surface area (Å²) in [4.78, 5) is 4.01. The van der Waals surface area contributed by atoms with Crippen LogP contribution >= 0.6 is 0 Å². The highest BCUT2D eigenvalue weighted by atomic mass is 14.7. The molecule has 0 unspecified atom stereocenters. The lowest BCUT2D eigenvalue weighted by Gasteiger charge is -1.93. The molecule has 2 heteroatoms. The predicted molar refractivity (Wildman–Crippen MR) is 45.9 cm³/mol. The third kappa shape index (κ3) is 3.89. The van der Waals surface area contributed by atoms with Crippen LogP contribution in [0.15, 0.2) is 29.5 Å². The maximum atomic E-state index is 5.45. The van der Waals surface area contributed by atoms with E-state index in [9.17, 15) is 0 Å². The van der Waals surface area contributed by atoms with Crippen molar-refractivity contribution in [2.24, 2.45) is 10.7 Å². The Balaban J connectivity index is 4.22. The molecule has 0 amide bonds. The summed E-state index contributed by atoms with van der Waals surface area (Å²) in [6.45, 7) is 7.37. The van der Waals surface area contributed by atoms with Crippen LogP contribution in [0, 0.1) is 0 Å². The summed E-state index contributed by atoms with van der Waals surface area (Å²) in [5, 5.41) is 0. The van der Waals surface area contributed by atoms with Gasteiger partial charge < -0.3 is 5.73 Å². The van der Waals surface area contributed by atoms with Gasteiger partial charge in [0.15, 0.2) is 0 Å². The van der Waals surface area contributed by atoms with Gasteiger partial charge in [-0.25, -0.2) is 0 Å². The standard InChI is InChI=1S/C8H14N2/c1-4-8(10-5-2)6-7(3)9/h5-6H,2,4,9H2,1,3H3/b7-6+,10-8?. The Kier molecular flexibility index (Phi) is 4.29. The topological polar surface area (TPSA) is 38.4 Å². The fourth-order valence-electron chi connectivity index (χ4n) is 0.611. The largest absolute Gasteiger partial charge is 0.402 e. The van der Waals surface area contributed by atoms with Gasteiger partial charge in [-0.1, -0.05) is 13.5 Å². The first-order valence-electron chi connectivity index (χ1n) is 3.32. The Morgan fingerprint density at radius 1 is 1.70 bits per heavy atom. The molecule has 0 spiro atoms. The van der Waals surface area contributed by atoms with Crippen molar-refractivity contribution in [1.29, 1.82) is 0 Å². The fourth-order valence-corrected chi connectivity index (χ4v) is 0.611. The molecule has 2 N–H and O–H groups in total. The number of nitrogens with zero attached hydrogens (tertiary/aromatic N) is 1. The molecule has 0 aliphatic rings. The summed E-state index contributed by atoms with van der Waals surface area (Å²) >= 11 is 0. The van der Waals surface area contributed by atoms with Crippen molar-refractivity contribution in [1.82, 2.24) is 0 Å². The van der Waals surface area contributed by atoms with Gasteiger partial charge in [-0.15, -0.1) is 0 Å². The molecule has 0 atom stereocenters. The van der Waals surface area contributed by atoms with Crippen LogP contribution in [-0.2, 0) is 0 Å². The zero-order valence-corrected chi connectivity index (χ0v) is 6.59. The van der Waals surface area contributed by atoms with Crippen LogP contribution in [0.5, 0.6) is 0 Å². The van der Waals surface area contributed by atoms with E-state index in [1.54, 1.807) is 0 Å². The van der Waals surface area contributed by atoms with Gasteiger partial charge in [0.05, 0.1) is 0 Å². The molecular formula is C8H14N2. The van der Waals surface area contributed by atoms with Crippen LogP contribution in [0.4, 0.5) is 0 Å². The molecule has 0 radical (unpaired) electrons. The highest BCUT2D eigenvalue weighted by Crippen LogP contribution is 1.91. The predicted octanol–water partition coefficient (Wildman–Crippen LogP) is 1.84. The molecule has 0 heterocycles. The first-order chi connectivity index (χ1) is 4.70. The minimum absolute atomic E-state index is 0.780. The highest BCUT2D eigenvalue weighted by Gasteiger charge is 1.87. The molecule has 0 bridgehead atoms. The molecule has 0 fully saturated rings. The quantitative estimate of drug-likeness (QED) is 0.594. The Labute approximate surface area is 62.1 Å². The molecule has 0 aromatic heterocycles. The number of nitrogens with two attached hydrogens (primary N) is 1. The van der Waals surface area contributed by atoms with Crippen molar-refractivity contribution >= 4 is 5.71 Å². The lowest BCUT2D eigenvalue weighted by atomic mass is 10.2. The average molecular weight is 138 g/mol. The van der Waals surface area contributed by atoms with Crippen molar-refractivity contribution in [2.75, 3.05) is 0 Å². The van der Waals surface area contributed by atoms with Gasteiger partial charge in [-0.3, -0.25) is 4.99 Å². The first-order valence-corrected chi connectivity index (χ1v) is 3.32. The van der Waals surface area contributed by atoms with Gasteiger partial charge in [-0.05, 0) is 19.4 Å². The smallest absolute Gasteiger partial charge is 0.0417 e. The van der Waals surface area contributed by atoms with Gasteiger partial charge >= 0.3 is 0 Å². The summed E-state index contributed by atoms with van der Waals surface area (Å²) in [7, 11) is 0. The second-order valence-corrected chi connectivity index (χ2v) is 2.04. The maximum absolute atomic E-state index is 5.45. The van der Waals surface area contributed by atoms with Gasteiger partial charge in [0.1, 0.15) is 0 Å². The van der Waals surface area contributed by atoms with E-state index >= 15 is 0 Å². The second-order valence-electron chi connectivity index (χ2n) is 2.04. The van der Waals surface area contributed by atoms with E-state index in [2.05, 4.69) is 11.6 Å². The monoisotopic (exact) mass is 138 g/mol. The van der Waals surface area contributed by atoms with Crippen LogP contribution in [0.2, 0.25) is 0 Å². The van der Waals surface area contributed by atoms with E-state index in [1.807, 2.05) is 19.9 Å². The summed E-state index contributed by atoms with van der Waals surface area (Å²) in [5.74, 6) is 0. The van der Waals surface area contributed by atoms with Crippen LogP contribution in [-0.4, -0.2) is 5.71 Å². The first kappa shape index (κ1) is 8.95. The number of rotatable bonds is 3. The van der Waals surface area contributed by atoms with E-state index in [4.69, 9.17) is 5.73 Å². The van der Waals surface area contributed by atoms with Crippen molar-refractivity contribution in [2.45, 2.75) is 20.3 Å². The summed E-state index contributed by atoms with van der Waals surface area (Å²) in [6, 6.07) is 0. The van der Waals surface area contributed by atoms with Crippen LogP contribution in [0.25, 0.3) is 0 Å². The third-order valence-corrected chi connectivity index (χ3v) is 1.01. The van der Waals surface area contributed by atoms with Gasteiger partial charge in [0.25, 0.3) is 0 Å². The molecule has 0 aliphatic heterocycles. The molecule has 0 saturated carbocycles. The zero-order valence-electron chi connectivity index (χ0n) is 6.59. The Morgan fingerprint density at radius 2 is 2.30 bits per heavy atom. The Hall–Kier alpha value is -1.05. The van der Waals surface area contributed by atoms with Gasteiger partial charge in [-0.2, -0.15) is 0 Å². The molecule has 0 saturated heterocycles. The minimum atomic E-state index is 0.780. The average Bonchev–Trinajstić information content (AvgIpc) is 1.86. The van der Waals surface area contributed by atoms with E-state index in [0.29, 0.717) is 0 Å². The van der Waals surface area contributed by atoms with E-state index in [-0.39, 0.29) is 0 Å². The lowest BCUT2D eigenvalue weighted by molar-refractivity contribution is 1.25. The number of aliphatic imine (C=N–C) groups is 1. The summed E-state index contributed by atoms with van der Waals surface area (Å²) in [6.07, 6.45) is 4.26. The van der Waals surface area contributed by atoms with Crippen LogP contribution in [0.1, 0.15) is 20.3 Å². The molecule has 2 nitrogen and oxygen atoms in total. The maximum Gasteiger partial charge on any atom is 0.0417 e. The molecule has 56 valence electrons. The van der Waals surface area contributed by atoms with Crippen LogP contribution in [0.3, 0.4) is 0 Å². The van der Waals surface area contributed by atoms with Crippen molar-refractivity contribution in [3.05, 3.63) is 24.6 Å². The number of allylic oxidation sites excluding steroid dienone is 2. The van der Waals surface area contributed by atoms with Gasteiger partial charge in [0, 0.05) is 17.6 Å². The Morgan fingerprint density at radius 3 is 2.60 bits per heavy atom. The zero-order chi connectivity index (χ0) is 7.98. The number of hydrogen-bond acceptors (Lipinski definition) is 2. The fraction of sp³-hybridized carbons (Fsp3) is 0.375. The summed E-state index contributed by atoms with van der Waals surface area (Å²) < 4.78 is 0. The normalized spacial score (nSPS) is 13.4. The number of hydrogen-bond donors (Lipinski definition) is 1. The van der Waals surface area contributed by atoms with Crippen molar-refractivity contribution in [3.8, 4) is 0 Å². The van der Waals surface area contributed by atoms with E-state index in [1.165, 1.54) is 6.20 Å². The SMILES string of the molecule is C=CN=C(/C=C(\C)N)CC. The Bertz CT molecular complexity index is 159. The molecule has 0 aromatic rings. The molecule has 0 rings (SSSR count). The van der Waals surface area contributed by atoms with Gasteiger partial charge in [0.2, 0.25) is 0 Å². The highest BCUT2D eigenvalue weighted by molar-refractivity contribution is 5.95. The summed E-state index contributed by atoms with van der Waals surface area (Å²) in [5.41, 5.74) is 7.19. The third-order valence-electron chi connectivity index (χ3n) is 1.01. The van der Waals surface area contributed by atoms with Crippen LogP contribution < -0.4 is 5.73 Å². The van der Waals surface area contributed by atoms with Crippen molar-refractivity contribution in [3.63, 3.8) is 0 Å². The van der Waals surface area contributed by atoms with E-state index < -0.39 is 0 Å². The lowest BCUT2D eigenvalue weighted by Crippen LogP contribution is -1.97. The molecule has 0 aliphatic carbocycles. The van der Waals surface area contributed by atoms with Crippen molar-refractivity contribution < 1.29 is 0 Å². The molecule has 10 heavy (non-hydrogen) atoms. The molecule has 0 aromatic carbocycles. The minimum Gasteiger partial charge on any atom is -0.402 e. The second kappa shape index (κ2) is 4.79. The van der Waals surface area contributed by atoms with E-state index in [0.717, 1.165) is 17.8 Å². The molecular weight excluding hydrogens is 124 g/mol.